The molecule has 142 valence electrons. The van der Waals surface area contributed by atoms with Gasteiger partial charge in [-0.3, -0.25) is 9.48 Å². The number of amides is 1. The predicted octanol–water partition coefficient (Wildman–Crippen LogP) is 2.57. The molecule has 0 aromatic carbocycles. The van der Waals surface area contributed by atoms with Gasteiger partial charge in [0.1, 0.15) is 17.2 Å². The highest BCUT2D eigenvalue weighted by atomic mass is 16.1. The molecule has 1 N–H and O–H groups in total. The molecule has 0 unspecified atom stereocenters. The van der Waals surface area contributed by atoms with Crippen molar-refractivity contribution < 1.29 is 4.79 Å². The summed E-state index contributed by atoms with van der Waals surface area (Å²) >= 11 is 0. The van der Waals surface area contributed by atoms with Gasteiger partial charge in [0.05, 0.1) is 11.9 Å². The molecule has 3 aromatic heterocycles. The molecular formula is C19H25N7O. The summed E-state index contributed by atoms with van der Waals surface area (Å²) in [7, 11) is 0. The first-order chi connectivity index (χ1) is 13.1. The van der Waals surface area contributed by atoms with E-state index in [1.54, 1.807) is 6.20 Å². The average Bonchev–Trinajstić information content (AvgIpc) is 3.37. The lowest BCUT2D eigenvalue weighted by molar-refractivity contribution is 0.0952. The minimum atomic E-state index is -0.119. The zero-order chi connectivity index (χ0) is 18.8. The first-order valence-electron chi connectivity index (χ1n) is 9.60. The average molecular weight is 367 g/mol. The third kappa shape index (κ3) is 3.70. The van der Waals surface area contributed by atoms with E-state index in [1.807, 2.05) is 30.9 Å². The zero-order valence-electron chi connectivity index (χ0n) is 15.9. The summed E-state index contributed by atoms with van der Waals surface area (Å²) in [5.74, 6) is 1.55. The summed E-state index contributed by atoms with van der Waals surface area (Å²) in [6.07, 6.45) is 9.19. The second kappa shape index (κ2) is 7.46. The number of rotatable bonds is 6. The van der Waals surface area contributed by atoms with Gasteiger partial charge < -0.3 is 9.88 Å². The third-order valence-corrected chi connectivity index (χ3v) is 5.19. The lowest BCUT2D eigenvalue weighted by Gasteiger charge is -2.11. The fourth-order valence-electron chi connectivity index (χ4n) is 3.80. The fourth-order valence-corrected chi connectivity index (χ4v) is 3.80. The molecule has 0 saturated heterocycles. The molecule has 4 rings (SSSR count). The number of carbonyl (C=O) groups excluding carboxylic acids is 1. The summed E-state index contributed by atoms with van der Waals surface area (Å²) in [6, 6.07) is 2.32. The van der Waals surface area contributed by atoms with Crippen molar-refractivity contribution in [2.45, 2.75) is 58.5 Å². The van der Waals surface area contributed by atoms with Gasteiger partial charge in [-0.1, -0.05) is 12.8 Å². The molecule has 0 spiro atoms. The van der Waals surface area contributed by atoms with E-state index >= 15 is 0 Å². The molecule has 8 nitrogen and oxygen atoms in total. The van der Waals surface area contributed by atoms with Crippen molar-refractivity contribution in [1.82, 2.24) is 34.6 Å². The Hall–Kier alpha value is -2.77. The summed E-state index contributed by atoms with van der Waals surface area (Å²) in [6.45, 7) is 5.12. The number of aromatic nitrogens is 6. The van der Waals surface area contributed by atoms with Gasteiger partial charge in [-0.2, -0.15) is 5.10 Å². The topological polar surface area (TPSA) is 90.5 Å². The minimum absolute atomic E-state index is 0.119. The standard InChI is InChI=1S/C19H25N7O/c1-13-23-14(2)26(24-13)9-5-8-20-19(27)15-10-17-18(21-11-15)25(12-22-17)16-6-3-4-7-16/h10-12,16H,3-9H2,1-2H3,(H,20,27). The highest BCUT2D eigenvalue weighted by Gasteiger charge is 2.20. The van der Waals surface area contributed by atoms with Crippen molar-refractivity contribution >= 4 is 17.1 Å². The number of nitrogens with zero attached hydrogens (tertiary/aromatic N) is 6. The Kier molecular flexibility index (Phi) is 4.87. The fraction of sp³-hybridized carbons (Fsp3) is 0.526. The number of hydrogen-bond acceptors (Lipinski definition) is 5. The smallest absolute Gasteiger partial charge is 0.252 e. The molecule has 8 heteroatoms. The molecule has 0 atom stereocenters. The van der Waals surface area contributed by atoms with Gasteiger partial charge in [-0.05, 0) is 39.2 Å². The molecule has 0 bridgehead atoms. The van der Waals surface area contributed by atoms with Crippen LogP contribution < -0.4 is 5.32 Å². The maximum Gasteiger partial charge on any atom is 0.252 e. The molecule has 1 saturated carbocycles. The van der Waals surface area contributed by atoms with E-state index in [0.717, 1.165) is 35.8 Å². The molecule has 27 heavy (non-hydrogen) atoms. The highest BCUT2D eigenvalue weighted by Crippen LogP contribution is 2.31. The first kappa shape index (κ1) is 17.6. The van der Waals surface area contributed by atoms with Gasteiger partial charge in [0.2, 0.25) is 0 Å². The summed E-state index contributed by atoms with van der Waals surface area (Å²) in [5, 5.41) is 7.27. The number of aryl methyl sites for hydroxylation is 3. The Morgan fingerprint density at radius 1 is 1.26 bits per heavy atom. The van der Waals surface area contributed by atoms with Crippen LogP contribution in [0.5, 0.6) is 0 Å². The number of carbonyl (C=O) groups is 1. The van der Waals surface area contributed by atoms with Gasteiger partial charge >= 0.3 is 0 Å². The van der Waals surface area contributed by atoms with Crippen molar-refractivity contribution in [2.75, 3.05) is 6.54 Å². The zero-order valence-corrected chi connectivity index (χ0v) is 15.9. The quantitative estimate of drug-likeness (QED) is 0.676. The van der Waals surface area contributed by atoms with Crippen LogP contribution in [0.4, 0.5) is 0 Å². The van der Waals surface area contributed by atoms with Crippen molar-refractivity contribution in [3.05, 3.63) is 35.8 Å². The number of nitrogens with one attached hydrogen (secondary N) is 1. The molecule has 1 aliphatic rings. The van der Waals surface area contributed by atoms with Crippen LogP contribution in [0.15, 0.2) is 18.6 Å². The van der Waals surface area contributed by atoms with Crippen LogP contribution in [-0.4, -0.2) is 41.8 Å². The van der Waals surface area contributed by atoms with Crippen LogP contribution in [0, 0.1) is 13.8 Å². The van der Waals surface area contributed by atoms with Gasteiger partial charge in [-0.25, -0.2) is 15.0 Å². The predicted molar refractivity (Wildman–Crippen MR) is 101 cm³/mol. The largest absolute Gasteiger partial charge is 0.352 e. The molecule has 3 heterocycles. The number of imidazole rings is 1. The number of fused-ring (bicyclic) bond motifs is 1. The third-order valence-electron chi connectivity index (χ3n) is 5.19. The SMILES string of the molecule is Cc1nc(C)n(CCCNC(=O)c2cnc3c(c2)ncn3C2CCCC2)n1. The van der Waals surface area contributed by atoms with E-state index in [9.17, 15) is 4.79 Å². The Bertz CT molecular complexity index is 952. The van der Waals surface area contributed by atoms with Crippen molar-refractivity contribution in [2.24, 2.45) is 0 Å². The summed E-state index contributed by atoms with van der Waals surface area (Å²) in [4.78, 5) is 25.7. The van der Waals surface area contributed by atoms with Gasteiger partial charge in [0.15, 0.2) is 5.65 Å². The van der Waals surface area contributed by atoms with Crippen molar-refractivity contribution in [1.29, 1.82) is 0 Å². The Morgan fingerprint density at radius 2 is 2.07 bits per heavy atom. The molecule has 0 radical (unpaired) electrons. The van der Waals surface area contributed by atoms with Crippen molar-refractivity contribution in [3.63, 3.8) is 0 Å². The van der Waals surface area contributed by atoms with Gasteiger partial charge in [0, 0.05) is 25.3 Å². The normalized spacial score (nSPS) is 14.9. The van der Waals surface area contributed by atoms with E-state index in [1.165, 1.54) is 25.7 Å². The van der Waals surface area contributed by atoms with Crippen molar-refractivity contribution in [3.8, 4) is 0 Å². The molecule has 3 aromatic rings. The Labute approximate surface area is 158 Å². The lowest BCUT2D eigenvalue weighted by Crippen LogP contribution is -2.25. The van der Waals surface area contributed by atoms with E-state index < -0.39 is 0 Å². The van der Waals surface area contributed by atoms with E-state index in [-0.39, 0.29) is 5.91 Å². The molecule has 1 aliphatic carbocycles. The van der Waals surface area contributed by atoms with Crippen LogP contribution >= 0.6 is 0 Å². The molecule has 0 aliphatic heterocycles. The molecular weight excluding hydrogens is 342 g/mol. The molecule has 1 amide bonds. The number of hydrogen-bond donors (Lipinski definition) is 1. The van der Waals surface area contributed by atoms with E-state index in [2.05, 4.69) is 29.9 Å². The summed E-state index contributed by atoms with van der Waals surface area (Å²) in [5.41, 5.74) is 2.20. The Balaban J connectivity index is 1.35. The highest BCUT2D eigenvalue weighted by molar-refractivity contribution is 5.96. The molecule has 1 fully saturated rings. The second-order valence-electron chi connectivity index (χ2n) is 7.20. The van der Waals surface area contributed by atoms with E-state index in [4.69, 9.17) is 0 Å². The second-order valence-corrected chi connectivity index (χ2v) is 7.20. The maximum atomic E-state index is 12.4. The Morgan fingerprint density at radius 3 is 2.81 bits per heavy atom. The van der Waals surface area contributed by atoms with Gasteiger partial charge in [-0.15, -0.1) is 0 Å². The van der Waals surface area contributed by atoms with Crippen LogP contribution in [-0.2, 0) is 6.54 Å². The van der Waals surface area contributed by atoms with E-state index in [0.29, 0.717) is 18.2 Å². The minimum Gasteiger partial charge on any atom is -0.352 e. The van der Waals surface area contributed by atoms with Crippen LogP contribution in [0.3, 0.4) is 0 Å². The maximum absolute atomic E-state index is 12.4. The lowest BCUT2D eigenvalue weighted by atomic mass is 10.2. The monoisotopic (exact) mass is 367 g/mol. The number of pyridine rings is 1. The first-order valence-corrected chi connectivity index (χ1v) is 9.60. The van der Waals surface area contributed by atoms with Crippen LogP contribution in [0.1, 0.15) is 60.2 Å². The summed E-state index contributed by atoms with van der Waals surface area (Å²) < 4.78 is 4.03. The van der Waals surface area contributed by atoms with Crippen LogP contribution in [0.25, 0.3) is 11.2 Å². The van der Waals surface area contributed by atoms with Gasteiger partial charge in [0.25, 0.3) is 5.91 Å². The van der Waals surface area contributed by atoms with Crippen LogP contribution in [0.2, 0.25) is 0 Å².